The van der Waals surface area contributed by atoms with E-state index in [0.717, 1.165) is 0 Å². The van der Waals surface area contributed by atoms with Crippen molar-refractivity contribution in [3.8, 4) is 11.5 Å². The number of amides is 1. The number of nitrogens with one attached hydrogen (secondary N) is 1. The van der Waals surface area contributed by atoms with E-state index < -0.39 is 0 Å². The fourth-order valence-electron chi connectivity index (χ4n) is 1.72. The highest BCUT2D eigenvalue weighted by Crippen LogP contribution is 2.16. The second kappa shape index (κ2) is 6.56. The van der Waals surface area contributed by atoms with Crippen LogP contribution < -0.4 is 10.1 Å². The summed E-state index contributed by atoms with van der Waals surface area (Å²) in [7, 11) is 0. The van der Waals surface area contributed by atoms with Gasteiger partial charge in [0.1, 0.15) is 11.5 Å². The van der Waals surface area contributed by atoms with E-state index in [-0.39, 0.29) is 24.0 Å². The van der Waals surface area contributed by atoms with Crippen molar-refractivity contribution < 1.29 is 19.4 Å². The Morgan fingerprint density at radius 3 is 2.48 bits per heavy atom. The number of phenolic OH excluding ortho intramolecular Hbond substituents is 1. The molecule has 0 saturated carbocycles. The molecular formula is C16H15NO4. The van der Waals surface area contributed by atoms with Crippen molar-refractivity contribution in [2.24, 2.45) is 0 Å². The van der Waals surface area contributed by atoms with Crippen LogP contribution in [0.2, 0.25) is 0 Å². The van der Waals surface area contributed by atoms with E-state index in [4.69, 9.17) is 4.74 Å². The second-order valence-corrected chi connectivity index (χ2v) is 4.47. The Balaban J connectivity index is 1.87. The average molecular weight is 285 g/mol. The minimum Gasteiger partial charge on any atom is -0.508 e. The Labute approximate surface area is 122 Å². The summed E-state index contributed by atoms with van der Waals surface area (Å²) in [5.74, 6) is 0.221. The molecule has 2 rings (SSSR count). The molecule has 0 radical (unpaired) electrons. The lowest BCUT2D eigenvalue weighted by molar-refractivity contribution is -0.118. The molecule has 0 aliphatic rings. The quantitative estimate of drug-likeness (QED) is 0.828. The number of hydrogen-bond donors (Lipinski definition) is 2. The number of ketones is 1. The second-order valence-electron chi connectivity index (χ2n) is 4.47. The van der Waals surface area contributed by atoms with Crippen molar-refractivity contribution in [1.29, 1.82) is 0 Å². The monoisotopic (exact) mass is 285 g/mol. The molecule has 0 spiro atoms. The summed E-state index contributed by atoms with van der Waals surface area (Å²) >= 11 is 0. The number of carbonyl (C=O) groups is 2. The summed E-state index contributed by atoms with van der Waals surface area (Å²) in [6.45, 7) is 1.33. The molecule has 0 aliphatic heterocycles. The smallest absolute Gasteiger partial charge is 0.262 e. The Kier molecular flexibility index (Phi) is 4.56. The fraction of sp³-hybridized carbons (Fsp3) is 0.125. The van der Waals surface area contributed by atoms with Crippen LogP contribution in [0, 0.1) is 0 Å². The maximum absolute atomic E-state index is 11.7. The van der Waals surface area contributed by atoms with Crippen LogP contribution in [0.15, 0.2) is 48.5 Å². The highest BCUT2D eigenvalue weighted by atomic mass is 16.5. The van der Waals surface area contributed by atoms with Gasteiger partial charge in [0.25, 0.3) is 5.91 Å². The zero-order chi connectivity index (χ0) is 15.2. The molecule has 0 aliphatic carbocycles. The number of Topliss-reactive ketones (excluding diaryl/α,β-unsaturated/α-hetero) is 1. The number of aromatic hydroxyl groups is 1. The van der Waals surface area contributed by atoms with Crippen LogP contribution in [0.1, 0.15) is 17.3 Å². The van der Waals surface area contributed by atoms with E-state index >= 15 is 0 Å². The van der Waals surface area contributed by atoms with E-state index in [0.29, 0.717) is 17.0 Å². The Morgan fingerprint density at radius 2 is 1.86 bits per heavy atom. The number of ether oxygens (including phenoxy) is 1. The van der Waals surface area contributed by atoms with Gasteiger partial charge in [-0.25, -0.2) is 0 Å². The predicted molar refractivity (Wildman–Crippen MR) is 78.7 cm³/mol. The lowest BCUT2D eigenvalue weighted by Gasteiger charge is -2.08. The van der Waals surface area contributed by atoms with Crippen molar-refractivity contribution in [2.75, 3.05) is 11.9 Å². The maximum Gasteiger partial charge on any atom is 0.262 e. The number of benzene rings is 2. The van der Waals surface area contributed by atoms with Crippen LogP contribution in [0.4, 0.5) is 5.69 Å². The molecule has 21 heavy (non-hydrogen) atoms. The van der Waals surface area contributed by atoms with E-state index in [1.54, 1.807) is 36.4 Å². The standard InChI is InChI=1S/C16H15NO4/c1-11(18)12-5-7-15(8-6-12)21-10-16(20)17-13-3-2-4-14(19)9-13/h2-9,19H,10H2,1H3,(H,17,20). The van der Waals surface area contributed by atoms with Crippen molar-refractivity contribution in [3.63, 3.8) is 0 Å². The topological polar surface area (TPSA) is 75.6 Å². The van der Waals surface area contributed by atoms with Crippen molar-refractivity contribution in [3.05, 3.63) is 54.1 Å². The van der Waals surface area contributed by atoms with Gasteiger partial charge in [-0.2, -0.15) is 0 Å². The van der Waals surface area contributed by atoms with Gasteiger partial charge in [0, 0.05) is 17.3 Å². The number of carbonyl (C=O) groups excluding carboxylic acids is 2. The molecule has 0 fully saturated rings. The number of rotatable bonds is 5. The molecule has 2 N–H and O–H groups in total. The molecular weight excluding hydrogens is 270 g/mol. The highest BCUT2D eigenvalue weighted by Gasteiger charge is 2.05. The van der Waals surface area contributed by atoms with E-state index in [1.165, 1.54) is 19.1 Å². The summed E-state index contributed by atoms with van der Waals surface area (Å²) in [4.78, 5) is 22.8. The lowest BCUT2D eigenvalue weighted by Crippen LogP contribution is -2.20. The van der Waals surface area contributed by atoms with Gasteiger partial charge in [0.2, 0.25) is 0 Å². The fourth-order valence-corrected chi connectivity index (χ4v) is 1.72. The Bertz CT molecular complexity index is 650. The molecule has 5 heteroatoms. The van der Waals surface area contributed by atoms with Gasteiger partial charge in [-0.05, 0) is 43.3 Å². The van der Waals surface area contributed by atoms with Crippen LogP contribution in [-0.4, -0.2) is 23.4 Å². The number of anilines is 1. The van der Waals surface area contributed by atoms with Gasteiger partial charge in [0.05, 0.1) is 0 Å². The summed E-state index contributed by atoms with van der Waals surface area (Å²) in [5, 5.41) is 11.9. The molecule has 0 saturated heterocycles. The first-order valence-electron chi connectivity index (χ1n) is 6.37. The zero-order valence-electron chi connectivity index (χ0n) is 11.5. The van der Waals surface area contributed by atoms with Gasteiger partial charge in [-0.15, -0.1) is 0 Å². The Hall–Kier alpha value is -2.82. The summed E-state index contributed by atoms with van der Waals surface area (Å²) in [6, 6.07) is 12.8. The van der Waals surface area contributed by atoms with Gasteiger partial charge in [-0.3, -0.25) is 9.59 Å². The van der Waals surface area contributed by atoms with Gasteiger partial charge >= 0.3 is 0 Å². The van der Waals surface area contributed by atoms with Crippen molar-refractivity contribution in [2.45, 2.75) is 6.92 Å². The molecule has 5 nitrogen and oxygen atoms in total. The highest BCUT2D eigenvalue weighted by molar-refractivity contribution is 5.94. The van der Waals surface area contributed by atoms with Crippen LogP contribution in [0.5, 0.6) is 11.5 Å². The number of hydrogen-bond acceptors (Lipinski definition) is 4. The van der Waals surface area contributed by atoms with Crippen LogP contribution in [-0.2, 0) is 4.79 Å². The van der Waals surface area contributed by atoms with Gasteiger partial charge < -0.3 is 15.2 Å². The molecule has 0 aromatic heterocycles. The third-order valence-electron chi connectivity index (χ3n) is 2.76. The molecule has 0 unspecified atom stereocenters. The zero-order valence-corrected chi connectivity index (χ0v) is 11.5. The summed E-state index contributed by atoms with van der Waals surface area (Å²) in [6.07, 6.45) is 0. The van der Waals surface area contributed by atoms with Crippen molar-refractivity contribution in [1.82, 2.24) is 0 Å². The maximum atomic E-state index is 11.7. The molecule has 0 atom stereocenters. The van der Waals surface area contributed by atoms with Crippen LogP contribution >= 0.6 is 0 Å². The Morgan fingerprint density at radius 1 is 1.14 bits per heavy atom. The normalized spacial score (nSPS) is 9.95. The SMILES string of the molecule is CC(=O)c1ccc(OCC(=O)Nc2cccc(O)c2)cc1. The molecule has 108 valence electrons. The van der Waals surface area contributed by atoms with E-state index in [2.05, 4.69) is 5.32 Å². The van der Waals surface area contributed by atoms with E-state index in [1.807, 2.05) is 0 Å². The third-order valence-corrected chi connectivity index (χ3v) is 2.76. The predicted octanol–water partition coefficient (Wildman–Crippen LogP) is 2.61. The minimum absolute atomic E-state index is 0.0248. The largest absolute Gasteiger partial charge is 0.508 e. The average Bonchev–Trinajstić information content (AvgIpc) is 2.45. The van der Waals surface area contributed by atoms with Gasteiger partial charge in [-0.1, -0.05) is 6.07 Å². The minimum atomic E-state index is -0.337. The summed E-state index contributed by atoms with van der Waals surface area (Å²) < 4.78 is 5.32. The molecule has 2 aromatic carbocycles. The molecule has 0 bridgehead atoms. The van der Waals surface area contributed by atoms with Crippen LogP contribution in [0.25, 0.3) is 0 Å². The van der Waals surface area contributed by atoms with E-state index in [9.17, 15) is 14.7 Å². The van der Waals surface area contributed by atoms with Gasteiger partial charge in [0.15, 0.2) is 12.4 Å². The first-order chi connectivity index (χ1) is 10.0. The molecule has 2 aromatic rings. The third kappa shape index (κ3) is 4.35. The number of phenols is 1. The first-order valence-corrected chi connectivity index (χ1v) is 6.37. The first kappa shape index (κ1) is 14.6. The molecule has 0 heterocycles. The lowest BCUT2D eigenvalue weighted by atomic mass is 10.1. The summed E-state index contributed by atoms with van der Waals surface area (Å²) in [5.41, 5.74) is 1.09. The van der Waals surface area contributed by atoms with Crippen LogP contribution in [0.3, 0.4) is 0 Å². The molecule has 1 amide bonds. The van der Waals surface area contributed by atoms with Crippen molar-refractivity contribution >= 4 is 17.4 Å².